The lowest BCUT2D eigenvalue weighted by atomic mass is 10.1. The molecule has 0 saturated heterocycles. The van der Waals surface area contributed by atoms with Crippen LogP contribution in [-0.4, -0.2) is 38.7 Å². The number of nitrogens with zero attached hydrogens (tertiary/aromatic N) is 4. The Bertz CT molecular complexity index is 861. The van der Waals surface area contributed by atoms with E-state index < -0.39 is 0 Å². The first-order valence-electron chi connectivity index (χ1n) is 7.49. The quantitative estimate of drug-likeness (QED) is 0.644. The number of aryl methyl sites for hydroxylation is 1. The van der Waals surface area contributed by atoms with Gasteiger partial charge in [-0.2, -0.15) is 0 Å². The SMILES string of the molecule is COc1cccc(-c2cc(CNC(=O)CSc3nncn3C)no2)c1. The second-order valence-corrected chi connectivity index (χ2v) is 6.15. The van der Waals surface area contributed by atoms with Gasteiger partial charge in [0.25, 0.3) is 0 Å². The first-order valence-corrected chi connectivity index (χ1v) is 8.48. The number of amides is 1. The van der Waals surface area contributed by atoms with Crippen LogP contribution in [0.1, 0.15) is 5.69 Å². The summed E-state index contributed by atoms with van der Waals surface area (Å²) in [5, 5.41) is 15.2. The number of carbonyl (C=O) groups is 1. The Morgan fingerprint density at radius 1 is 1.40 bits per heavy atom. The Balaban J connectivity index is 1.53. The highest BCUT2D eigenvalue weighted by Crippen LogP contribution is 2.24. The predicted octanol–water partition coefficient (Wildman–Crippen LogP) is 1.89. The van der Waals surface area contributed by atoms with Crippen LogP contribution >= 0.6 is 11.8 Å². The van der Waals surface area contributed by atoms with Crippen molar-refractivity contribution >= 4 is 17.7 Å². The van der Waals surface area contributed by atoms with E-state index in [1.807, 2.05) is 31.3 Å². The lowest BCUT2D eigenvalue weighted by Crippen LogP contribution is -2.24. The fourth-order valence-corrected chi connectivity index (χ4v) is 2.80. The van der Waals surface area contributed by atoms with Gasteiger partial charge < -0.3 is 19.1 Å². The second kappa shape index (κ2) is 7.84. The van der Waals surface area contributed by atoms with Crippen molar-refractivity contribution in [2.24, 2.45) is 7.05 Å². The third-order valence-electron chi connectivity index (χ3n) is 3.38. The van der Waals surface area contributed by atoms with Crippen molar-refractivity contribution in [3.8, 4) is 17.1 Å². The maximum atomic E-state index is 11.9. The fourth-order valence-electron chi connectivity index (χ4n) is 2.08. The smallest absolute Gasteiger partial charge is 0.230 e. The minimum Gasteiger partial charge on any atom is -0.497 e. The summed E-state index contributed by atoms with van der Waals surface area (Å²) >= 11 is 1.32. The summed E-state index contributed by atoms with van der Waals surface area (Å²) < 4.78 is 12.3. The van der Waals surface area contributed by atoms with Gasteiger partial charge in [-0.15, -0.1) is 10.2 Å². The maximum absolute atomic E-state index is 11.9. The molecule has 0 spiro atoms. The molecule has 0 radical (unpaired) electrons. The second-order valence-electron chi connectivity index (χ2n) is 5.20. The fraction of sp³-hybridized carbons (Fsp3) is 0.250. The summed E-state index contributed by atoms with van der Waals surface area (Å²) in [6, 6.07) is 9.30. The minimum absolute atomic E-state index is 0.112. The lowest BCUT2D eigenvalue weighted by Gasteiger charge is -2.02. The maximum Gasteiger partial charge on any atom is 0.230 e. The number of benzene rings is 1. The summed E-state index contributed by atoms with van der Waals surface area (Å²) in [7, 11) is 3.44. The summed E-state index contributed by atoms with van der Waals surface area (Å²) in [6.07, 6.45) is 1.59. The van der Waals surface area contributed by atoms with Crippen LogP contribution in [-0.2, 0) is 18.4 Å². The van der Waals surface area contributed by atoms with Crippen LogP contribution in [0.15, 0.2) is 46.3 Å². The summed E-state index contributed by atoms with van der Waals surface area (Å²) in [5.74, 6) is 1.51. The van der Waals surface area contributed by atoms with Crippen molar-refractivity contribution in [1.29, 1.82) is 0 Å². The third-order valence-corrected chi connectivity index (χ3v) is 4.42. The predicted molar refractivity (Wildman–Crippen MR) is 92.1 cm³/mol. The molecule has 0 atom stereocenters. The van der Waals surface area contributed by atoms with Crippen molar-refractivity contribution in [3.05, 3.63) is 42.4 Å². The lowest BCUT2D eigenvalue weighted by molar-refractivity contribution is -0.118. The molecule has 1 amide bonds. The number of nitrogens with one attached hydrogen (secondary N) is 1. The Morgan fingerprint density at radius 2 is 2.28 bits per heavy atom. The van der Waals surface area contributed by atoms with Crippen LogP contribution < -0.4 is 10.1 Å². The van der Waals surface area contributed by atoms with Gasteiger partial charge in [0, 0.05) is 18.7 Å². The minimum atomic E-state index is -0.112. The number of thioether (sulfide) groups is 1. The molecule has 2 aromatic heterocycles. The Morgan fingerprint density at radius 3 is 3.04 bits per heavy atom. The molecule has 0 unspecified atom stereocenters. The van der Waals surface area contributed by atoms with Gasteiger partial charge in [-0.3, -0.25) is 4.79 Å². The van der Waals surface area contributed by atoms with Crippen molar-refractivity contribution in [2.45, 2.75) is 11.7 Å². The standard InChI is InChI=1S/C16H17N5O3S/c1-21-10-18-19-16(21)25-9-15(22)17-8-12-7-14(24-20-12)11-4-3-5-13(6-11)23-2/h3-7,10H,8-9H2,1-2H3,(H,17,22). The molecule has 130 valence electrons. The molecule has 3 rings (SSSR count). The third kappa shape index (κ3) is 4.38. The van der Waals surface area contributed by atoms with Crippen LogP contribution in [0.3, 0.4) is 0 Å². The van der Waals surface area contributed by atoms with E-state index in [1.54, 1.807) is 24.1 Å². The first-order chi connectivity index (χ1) is 12.2. The van der Waals surface area contributed by atoms with Crippen molar-refractivity contribution < 1.29 is 14.1 Å². The molecule has 3 aromatic rings. The van der Waals surface area contributed by atoms with Crippen molar-refractivity contribution in [1.82, 2.24) is 25.2 Å². The monoisotopic (exact) mass is 359 g/mol. The zero-order chi connectivity index (χ0) is 17.6. The first kappa shape index (κ1) is 17.0. The van der Waals surface area contributed by atoms with Crippen molar-refractivity contribution in [3.63, 3.8) is 0 Å². The highest BCUT2D eigenvalue weighted by atomic mass is 32.2. The van der Waals surface area contributed by atoms with E-state index in [1.165, 1.54) is 11.8 Å². The van der Waals surface area contributed by atoms with Gasteiger partial charge >= 0.3 is 0 Å². The van der Waals surface area contributed by atoms with E-state index in [0.29, 0.717) is 23.2 Å². The average Bonchev–Trinajstić information content (AvgIpc) is 3.27. The van der Waals surface area contributed by atoms with E-state index in [9.17, 15) is 4.79 Å². The largest absolute Gasteiger partial charge is 0.497 e. The Kier molecular flexibility index (Phi) is 5.34. The molecular weight excluding hydrogens is 342 g/mol. The van der Waals surface area contributed by atoms with Gasteiger partial charge in [-0.25, -0.2) is 0 Å². The van der Waals surface area contributed by atoms with Crippen LogP contribution in [0.2, 0.25) is 0 Å². The normalized spacial score (nSPS) is 10.6. The Hall–Kier alpha value is -2.81. The van der Waals surface area contributed by atoms with Gasteiger partial charge in [0.05, 0.1) is 19.4 Å². The molecule has 0 aliphatic heterocycles. The molecule has 9 heteroatoms. The molecular formula is C16H17N5O3S. The summed E-state index contributed by atoms with van der Waals surface area (Å²) in [5.41, 5.74) is 1.51. The highest BCUT2D eigenvalue weighted by molar-refractivity contribution is 7.99. The van der Waals surface area contributed by atoms with Crippen LogP contribution in [0.4, 0.5) is 0 Å². The number of carbonyl (C=O) groups excluding carboxylic acids is 1. The molecule has 2 heterocycles. The topological polar surface area (TPSA) is 95.1 Å². The molecule has 0 aliphatic carbocycles. The van der Waals surface area contributed by atoms with E-state index in [2.05, 4.69) is 20.7 Å². The van der Waals surface area contributed by atoms with E-state index in [-0.39, 0.29) is 11.7 Å². The molecule has 0 fully saturated rings. The van der Waals surface area contributed by atoms with E-state index >= 15 is 0 Å². The zero-order valence-corrected chi connectivity index (χ0v) is 14.6. The molecule has 25 heavy (non-hydrogen) atoms. The molecule has 0 saturated carbocycles. The van der Waals surface area contributed by atoms with Gasteiger partial charge in [0.15, 0.2) is 10.9 Å². The number of methoxy groups -OCH3 is 1. The van der Waals surface area contributed by atoms with Gasteiger partial charge in [-0.1, -0.05) is 29.1 Å². The number of rotatable bonds is 7. The van der Waals surface area contributed by atoms with Crippen LogP contribution in [0.5, 0.6) is 5.75 Å². The van der Waals surface area contributed by atoms with Gasteiger partial charge in [0.2, 0.25) is 5.91 Å². The van der Waals surface area contributed by atoms with Crippen molar-refractivity contribution in [2.75, 3.05) is 12.9 Å². The van der Waals surface area contributed by atoms with Crippen LogP contribution in [0.25, 0.3) is 11.3 Å². The van der Waals surface area contributed by atoms with Gasteiger partial charge in [-0.05, 0) is 12.1 Å². The Labute approximate surface area is 148 Å². The zero-order valence-electron chi connectivity index (χ0n) is 13.8. The number of hydrogen-bond donors (Lipinski definition) is 1. The van der Waals surface area contributed by atoms with E-state index in [0.717, 1.165) is 11.3 Å². The molecule has 8 nitrogen and oxygen atoms in total. The molecule has 0 aliphatic rings. The molecule has 1 aromatic carbocycles. The average molecular weight is 359 g/mol. The summed E-state index contributed by atoms with van der Waals surface area (Å²) in [6.45, 7) is 0.297. The highest BCUT2D eigenvalue weighted by Gasteiger charge is 2.10. The molecule has 0 bridgehead atoms. The summed E-state index contributed by atoms with van der Waals surface area (Å²) in [4.78, 5) is 11.9. The number of hydrogen-bond acceptors (Lipinski definition) is 7. The van der Waals surface area contributed by atoms with E-state index in [4.69, 9.17) is 9.26 Å². The molecule has 1 N–H and O–H groups in total. The van der Waals surface area contributed by atoms with Crippen LogP contribution in [0, 0.1) is 0 Å². The number of ether oxygens (including phenoxy) is 1. The van der Waals surface area contributed by atoms with Gasteiger partial charge in [0.1, 0.15) is 17.8 Å². The number of aromatic nitrogens is 4.